The van der Waals surface area contributed by atoms with Crippen molar-refractivity contribution in [3.05, 3.63) is 0 Å². The van der Waals surface area contributed by atoms with Crippen molar-refractivity contribution in [3.8, 4) is 12.3 Å². The summed E-state index contributed by atoms with van der Waals surface area (Å²) in [6.45, 7) is 5.97. The van der Waals surface area contributed by atoms with Crippen LogP contribution in [-0.2, 0) is 4.79 Å². The maximum atomic E-state index is 11.9. The van der Waals surface area contributed by atoms with Crippen LogP contribution in [0.3, 0.4) is 0 Å². The molecule has 0 radical (unpaired) electrons. The number of nitrogens with zero attached hydrogens (tertiary/aromatic N) is 1. The number of rotatable bonds is 4. The van der Waals surface area contributed by atoms with E-state index in [1.165, 1.54) is 6.42 Å². The summed E-state index contributed by atoms with van der Waals surface area (Å²) >= 11 is 0. The molecular formula is C13H23N3O. The molecule has 4 heteroatoms. The minimum atomic E-state index is -0.153. The zero-order chi connectivity index (χ0) is 12.8. The Kier molecular flexibility index (Phi) is 5.46. The van der Waals surface area contributed by atoms with Gasteiger partial charge >= 0.3 is 0 Å². The lowest BCUT2D eigenvalue weighted by Gasteiger charge is -2.42. The van der Waals surface area contributed by atoms with Crippen LogP contribution < -0.4 is 11.1 Å². The number of nitrogens with two attached hydrogens (primary N) is 1. The highest BCUT2D eigenvalue weighted by atomic mass is 16.2. The summed E-state index contributed by atoms with van der Waals surface area (Å²) < 4.78 is 0. The Bertz CT molecular complexity index is 298. The van der Waals surface area contributed by atoms with Crippen LogP contribution in [-0.4, -0.2) is 42.5 Å². The lowest BCUT2D eigenvalue weighted by molar-refractivity contribution is -0.127. The molecule has 0 aliphatic carbocycles. The van der Waals surface area contributed by atoms with Gasteiger partial charge in [0, 0.05) is 12.6 Å². The van der Waals surface area contributed by atoms with Crippen LogP contribution in [0.5, 0.6) is 0 Å². The number of likely N-dealkylation sites (tertiary alicyclic amines) is 1. The average Bonchev–Trinajstić information content (AvgIpc) is 2.34. The zero-order valence-corrected chi connectivity index (χ0v) is 10.8. The topological polar surface area (TPSA) is 58.4 Å². The fourth-order valence-electron chi connectivity index (χ4n) is 2.57. The summed E-state index contributed by atoms with van der Waals surface area (Å²) in [5, 5.41) is 2.73. The van der Waals surface area contributed by atoms with E-state index in [0.29, 0.717) is 25.0 Å². The molecule has 4 nitrogen and oxygen atoms in total. The van der Waals surface area contributed by atoms with E-state index < -0.39 is 0 Å². The SMILES string of the molecule is C#CCNC(=O)C(C)N1CCCC(C)C1CN. The van der Waals surface area contributed by atoms with Crippen molar-refractivity contribution in [1.29, 1.82) is 0 Å². The fraction of sp³-hybridized carbons (Fsp3) is 0.769. The summed E-state index contributed by atoms with van der Waals surface area (Å²) in [7, 11) is 0. The van der Waals surface area contributed by atoms with Gasteiger partial charge in [0.25, 0.3) is 0 Å². The van der Waals surface area contributed by atoms with Crippen LogP contribution in [0.15, 0.2) is 0 Å². The van der Waals surface area contributed by atoms with Crippen molar-refractivity contribution in [2.75, 3.05) is 19.6 Å². The second-order valence-electron chi connectivity index (χ2n) is 4.76. The van der Waals surface area contributed by atoms with E-state index in [9.17, 15) is 4.79 Å². The van der Waals surface area contributed by atoms with Gasteiger partial charge in [-0.15, -0.1) is 6.42 Å². The van der Waals surface area contributed by atoms with Gasteiger partial charge in [-0.05, 0) is 32.2 Å². The summed E-state index contributed by atoms with van der Waals surface area (Å²) in [6, 6.07) is 0.148. The van der Waals surface area contributed by atoms with Gasteiger partial charge in [-0.1, -0.05) is 12.8 Å². The Morgan fingerprint density at radius 2 is 2.41 bits per heavy atom. The minimum absolute atomic E-state index is 0.00417. The van der Waals surface area contributed by atoms with Crippen molar-refractivity contribution >= 4 is 5.91 Å². The molecule has 1 heterocycles. The highest BCUT2D eigenvalue weighted by molar-refractivity contribution is 5.81. The van der Waals surface area contributed by atoms with Crippen LogP contribution in [0.2, 0.25) is 0 Å². The number of carbonyl (C=O) groups is 1. The zero-order valence-electron chi connectivity index (χ0n) is 10.8. The molecule has 0 bridgehead atoms. The first-order valence-corrected chi connectivity index (χ1v) is 6.28. The quantitative estimate of drug-likeness (QED) is 0.686. The molecular weight excluding hydrogens is 214 g/mol. The number of hydrogen-bond donors (Lipinski definition) is 2. The molecule has 1 amide bonds. The average molecular weight is 237 g/mol. The molecule has 96 valence electrons. The Balaban J connectivity index is 2.62. The normalized spacial score (nSPS) is 27.2. The molecule has 0 aromatic rings. The van der Waals surface area contributed by atoms with Crippen LogP contribution in [0.25, 0.3) is 0 Å². The smallest absolute Gasteiger partial charge is 0.237 e. The Labute approximate surface area is 104 Å². The lowest BCUT2D eigenvalue weighted by Crippen LogP contribution is -2.56. The number of piperidine rings is 1. The Morgan fingerprint density at radius 3 is 3.00 bits per heavy atom. The third-order valence-corrected chi connectivity index (χ3v) is 3.64. The lowest BCUT2D eigenvalue weighted by atomic mass is 9.89. The van der Waals surface area contributed by atoms with Crippen molar-refractivity contribution in [2.45, 2.75) is 38.8 Å². The van der Waals surface area contributed by atoms with Gasteiger partial charge in [0.2, 0.25) is 5.91 Å². The van der Waals surface area contributed by atoms with Crippen molar-refractivity contribution in [3.63, 3.8) is 0 Å². The maximum absolute atomic E-state index is 11.9. The third kappa shape index (κ3) is 3.45. The molecule has 1 aliphatic heterocycles. The summed E-state index contributed by atoms with van der Waals surface area (Å²) in [5.41, 5.74) is 5.82. The molecule has 1 fully saturated rings. The summed E-state index contributed by atoms with van der Waals surface area (Å²) in [4.78, 5) is 14.1. The fourth-order valence-corrected chi connectivity index (χ4v) is 2.57. The predicted octanol–water partition coefficient (Wildman–Crippen LogP) is 0.184. The van der Waals surface area contributed by atoms with Gasteiger partial charge in [0.05, 0.1) is 12.6 Å². The molecule has 0 aromatic heterocycles. The minimum Gasteiger partial charge on any atom is -0.344 e. The number of terminal acetylenes is 1. The molecule has 1 saturated heterocycles. The van der Waals surface area contributed by atoms with E-state index in [1.807, 2.05) is 6.92 Å². The largest absolute Gasteiger partial charge is 0.344 e. The molecule has 3 unspecified atom stereocenters. The number of nitrogens with one attached hydrogen (secondary N) is 1. The first-order chi connectivity index (χ1) is 8.11. The molecule has 0 saturated carbocycles. The molecule has 1 rings (SSSR count). The number of amides is 1. The summed E-state index contributed by atoms with van der Waals surface area (Å²) in [6.07, 6.45) is 7.45. The molecule has 1 aliphatic rings. The van der Waals surface area contributed by atoms with Crippen LogP contribution >= 0.6 is 0 Å². The highest BCUT2D eigenvalue weighted by Gasteiger charge is 2.33. The highest BCUT2D eigenvalue weighted by Crippen LogP contribution is 2.24. The van der Waals surface area contributed by atoms with Gasteiger partial charge in [-0.25, -0.2) is 0 Å². The van der Waals surface area contributed by atoms with E-state index in [0.717, 1.165) is 13.0 Å². The van der Waals surface area contributed by atoms with Crippen molar-refractivity contribution in [2.24, 2.45) is 11.7 Å². The molecule has 0 aromatic carbocycles. The van der Waals surface area contributed by atoms with Gasteiger partial charge < -0.3 is 11.1 Å². The van der Waals surface area contributed by atoms with Gasteiger partial charge in [0.15, 0.2) is 0 Å². The monoisotopic (exact) mass is 237 g/mol. The van der Waals surface area contributed by atoms with E-state index in [4.69, 9.17) is 12.2 Å². The van der Waals surface area contributed by atoms with Crippen LogP contribution in [0.1, 0.15) is 26.7 Å². The number of hydrogen-bond acceptors (Lipinski definition) is 3. The maximum Gasteiger partial charge on any atom is 0.237 e. The van der Waals surface area contributed by atoms with E-state index in [2.05, 4.69) is 23.1 Å². The first kappa shape index (κ1) is 14.0. The van der Waals surface area contributed by atoms with Gasteiger partial charge in [-0.2, -0.15) is 0 Å². The van der Waals surface area contributed by atoms with Crippen LogP contribution in [0, 0.1) is 18.3 Å². The summed E-state index contributed by atoms with van der Waals surface area (Å²) in [5.74, 6) is 2.96. The first-order valence-electron chi connectivity index (χ1n) is 6.28. The van der Waals surface area contributed by atoms with Crippen molar-refractivity contribution < 1.29 is 4.79 Å². The predicted molar refractivity (Wildman–Crippen MR) is 69.3 cm³/mol. The third-order valence-electron chi connectivity index (χ3n) is 3.64. The number of carbonyl (C=O) groups excluding carboxylic acids is 1. The van der Waals surface area contributed by atoms with E-state index in [1.54, 1.807) is 0 Å². The standard InChI is InChI=1S/C13H23N3O/c1-4-7-15-13(17)11(3)16-8-5-6-10(2)12(16)9-14/h1,10-12H,5-9,14H2,2-3H3,(H,15,17). The Morgan fingerprint density at radius 1 is 1.71 bits per heavy atom. The Hall–Kier alpha value is -1.05. The molecule has 17 heavy (non-hydrogen) atoms. The second-order valence-corrected chi connectivity index (χ2v) is 4.76. The van der Waals surface area contributed by atoms with Gasteiger partial charge in [0.1, 0.15) is 0 Å². The van der Waals surface area contributed by atoms with Crippen LogP contribution in [0.4, 0.5) is 0 Å². The second kappa shape index (κ2) is 6.63. The van der Waals surface area contributed by atoms with E-state index in [-0.39, 0.29) is 11.9 Å². The molecule has 3 atom stereocenters. The van der Waals surface area contributed by atoms with Gasteiger partial charge in [-0.3, -0.25) is 9.69 Å². The molecule has 0 spiro atoms. The van der Waals surface area contributed by atoms with Crippen molar-refractivity contribution in [1.82, 2.24) is 10.2 Å². The molecule has 3 N–H and O–H groups in total. The van der Waals surface area contributed by atoms with E-state index >= 15 is 0 Å².